The number of carbonyl (C=O) groups excluding carboxylic acids is 1. The average molecular weight is 262 g/mol. The van der Waals surface area contributed by atoms with Gasteiger partial charge in [0.15, 0.2) is 6.10 Å². The van der Waals surface area contributed by atoms with Crippen LogP contribution in [0, 0.1) is 11.3 Å². The molecule has 1 saturated heterocycles. The minimum atomic E-state index is -0.544. The van der Waals surface area contributed by atoms with E-state index >= 15 is 0 Å². The number of hydrogen-bond donors (Lipinski definition) is 1. The molecule has 1 aromatic heterocycles. The lowest BCUT2D eigenvalue weighted by Crippen LogP contribution is -2.45. The molecule has 1 aromatic rings. The first-order valence-corrected chi connectivity index (χ1v) is 6.30. The largest absolute Gasteiger partial charge is 0.397 e. The highest BCUT2D eigenvalue weighted by Gasteiger charge is 2.27. The van der Waals surface area contributed by atoms with Gasteiger partial charge in [0.05, 0.1) is 24.9 Å². The van der Waals surface area contributed by atoms with E-state index in [0.717, 1.165) is 0 Å². The van der Waals surface area contributed by atoms with Crippen LogP contribution in [0.1, 0.15) is 30.4 Å². The summed E-state index contributed by atoms with van der Waals surface area (Å²) in [6.45, 7) is 5.18. The van der Waals surface area contributed by atoms with Crippen LogP contribution in [0.4, 0.5) is 5.69 Å². The molecule has 0 bridgehead atoms. The van der Waals surface area contributed by atoms with E-state index in [1.807, 2.05) is 24.5 Å². The smallest absolute Gasteiger partial charge is 0.270 e. The summed E-state index contributed by atoms with van der Waals surface area (Å²) in [5, 5.41) is 8.87. The lowest BCUT2D eigenvalue weighted by atomic mass is 10.2. The lowest BCUT2D eigenvalue weighted by Gasteiger charge is -2.30. The van der Waals surface area contributed by atoms with Gasteiger partial charge in [-0.1, -0.05) is 0 Å². The standard InChI is InChI=1S/C13H18N4O2/c1-9(2)17-7-10(15)5-12(17)13(18)16-3-4-19-11(6-14)8-16/h5,7,9,11H,3-4,8,15H2,1-2H3. The number of hydrogen-bond acceptors (Lipinski definition) is 4. The monoisotopic (exact) mass is 262 g/mol. The van der Waals surface area contributed by atoms with E-state index in [-0.39, 0.29) is 11.9 Å². The Morgan fingerprint density at radius 2 is 2.37 bits per heavy atom. The molecule has 1 unspecified atom stereocenters. The SMILES string of the molecule is CC(C)n1cc(N)cc1C(=O)N1CCOC(C#N)C1. The molecular weight excluding hydrogens is 244 g/mol. The summed E-state index contributed by atoms with van der Waals surface area (Å²) in [4.78, 5) is 14.1. The highest BCUT2D eigenvalue weighted by atomic mass is 16.5. The predicted octanol–water partition coefficient (Wildman–Crippen LogP) is 1.02. The van der Waals surface area contributed by atoms with Gasteiger partial charge >= 0.3 is 0 Å². The number of amides is 1. The van der Waals surface area contributed by atoms with Gasteiger partial charge in [-0.3, -0.25) is 4.79 Å². The van der Waals surface area contributed by atoms with Crippen molar-refractivity contribution < 1.29 is 9.53 Å². The van der Waals surface area contributed by atoms with E-state index in [2.05, 4.69) is 0 Å². The molecule has 2 heterocycles. The van der Waals surface area contributed by atoms with Gasteiger partial charge in [-0.25, -0.2) is 0 Å². The highest BCUT2D eigenvalue weighted by Crippen LogP contribution is 2.19. The van der Waals surface area contributed by atoms with Crippen LogP contribution in [0.25, 0.3) is 0 Å². The maximum Gasteiger partial charge on any atom is 0.270 e. The van der Waals surface area contributed by atoms with Crippen LogP contribution in [0.15, 0.2) is 12.3 Å². The van der Waals surface area contributed by atoms with Crippen molar-refractivity contribution in [1.29, 1.82) is 5.26 Å². The highest BCUT2D eigenvalue weighted by molar-refractivity contribution is 5.94. The number of nitrogens with two attached hydrogens (primary N) is 1. The second kappa shape index (κ2) is 5.33. The molecule has 0 aromatic carbocycles. The molecule has 0 saturated carbocycles. The van der Waals surface area contributed by atoms with Crippen molar-refractivity contribution in [3.8, 4) is 6.07 Å². The molecule has 102 valence electrons. The summed E-state index contributed by atoms with van der Waals surface area (Å²) in [5.41, 5.74) is 6.90. The predicted molar refractivity (Wildman–Crippen MR) is 70.5 cm³/mol. The fourth-order valence-electron chi connectivity index (χ4n) is 2.17. The van der Waals surface area contributed by atoms with Crippen molar-refractivity contribution in [2.45, 2.75) is 26.0 Å². The van der Waals surface area contributed by atoms with Crippen molar-refractivity contribution in [2.75, 3.05) is 25.4 Å². The molecule has 0 spiro atoms. The zero-order valence-electron chi connectivity index (χ0n) is 11.2. The summed E-state index contributed by atoms with van der Waals surface area (Å²) in [6, 6.07) is 3.87. The second-order valence-electron chi connectivity index (χ2n) is 4.90. The van der Waals surface area contributed by atoms with Gasteiger partial charge in [-0.2, -0.15) is 5.26 Å². The number of rotatable bonds is 2. The van der Waals surface area contributed by atoms with Crippen LogP contribution < -0.4 is 5.73 Å². The normalized spacial score (nSPS) is 19.5. The molecule has 1 atom stereocenters. The zero-order chi connectivity index (χ0) is 14.0. The van der Waals surface area contributed by atoms with Crippen LogP contribution >= 0.6 is 0 Å². The third-order valence-electron chi connectivity index (χ3n) is 3.14. The molecular formula is C13H18N4O2. The number of aromatic nitrogens is 1. The molecule has 1 aliphatic heterocycles. The third-order valence-corrected chi connectivity index (χ3v) is 3.14. The zero-order valence-corrected chi connectivity index (χ0v) is 11.2. The van der Waals surface area contributed by atoms with E-state index in [9.17, 15) is 4.79 Å². The minimum absolute atomic E-state index is 0.103. The Balaban J connectivity index is 2.22. The Morgan fingerprint density at radius 1 is 1.63 bits per heavy atom. The van der Waals surface area contributed by atoms with Gasteiger partial charge in [0.25, 0.3) is 5.91 Å². The van der Waals surface area contributed by atoms with E-state index < -0.39 is 6.10 Å². The molecule has 1 amide bonds. The summed E-state index contributed by atoms with van der Waals surface area (Å²) in [7, 11) is 0. The fourth-order valence-corrected chi connectivity index (χ4v) is 2.17. The number of carbonyl (C=O) groups is 1. The summed E-state index contributed by atoms with van der Waals surface area (Å²) >= 11 is 0. The average Bonchev–Trinajstić information content (AvgIpc) is 2.80. The van der Waals surface area contributed by atoms with Crippen molar-refractivity contribution >= 4 is 11.6 Å². The van der Waals surface area contributed by atoms with Crippen molar-refractivity contribution in [3.05, 3.63) is 18.0 Å². The van der Waals surface area contributed by atoms with Crippen LogP contribution in [-0.2, 0) is 4.74 Å². The van der Waals surface area contributed by atoms with E-state index in [0.29, 0.717) is 31.1 Å². The van der Waals surface area contributed by atoms with Crippen molar-refractivity contribution in [2.24, 2.45) is 0 Å². The molecule has 2 N–H and O–H groups in total. The number of morpholine rings is 1. The van der Waals surface area contributed by atoms with Crippen LogP contribution in [0.3, 0.4) is 0 Å². The number of ether oxygens (including phenoxy) is 1. The summed E-state index contributed by atoms with van der Waals surface area (Å²) in [5.74, 6) is -0.103. The van der Waals surface area contributed by atoms with Crippen LogP contribution in [0.2, 0.25) is 0 Å². The van der Waals surface area contributed by atoms with Crippen LogP contribution in [0.5, 0.6) is 0 Å². The molecule has 19 heavy (non-hydrogen) atoms. The maximum absolute atomic E-state index is 12.5. The van der Waals surface area contributed by atoms with Gasteiger partial charge in [0.2, 0.25) is 0 Å². The molecule has 0 radical (unpaired) electrons. The molecule has 1 aliphatic rings. The second-order valence-corrected chi connectivity index (χ2v) is 4.90. The number of anilines is 1. The Hall–Kier alpha value is -2.00. The summed E-state index contributed by atoms with van der Waals surface area (Å²) < 4.78 is 7.10. The molecule has 6 nitrogen and oxygen atoms in total. The quantitative estimate of drug-likeness (QED) is 0.862. The Morgan fingerprint density at radius 3 is 3.00 bits per heavy atom. The Kier molecular flexibility index (Phi) is 3.76. The lowest BCUT2D eigenvalue weighted by molar-refractivity contribution is 0.00293. The van der Waals surface area contributed by atoms with Crippen molar-refractivity contribution in [1.82, 2.24) is 9.47 Å². The fraction of sp³-hybridized carbons (Fsp3) is 0.538. The number of nitrogens with zero attached hydrogens (tertiary/aromatic N) is 3. The molecule has 6 heteroatoms. The van der Waals surface area contributed by atoms with Crippen molar-refractivity contribution in [3.63, 3.8) is 0 Å². The first-order chi connectivity index (χ1) is 9.02. The molecule has 0 aliphatic carbocycles. The first-order valence-electron chi connectivity index (χ1n) is 6.30. The van der Waals surface area contributed by atoms with Gasteiger partial charge in [0.1, 0.15) is 5.69 Å². The summed E-state index contributed by atoms with van der Waals surface area (Å²) in [6.07, 6.45) is 1.22. The van der Waals surface area contributed by atoms with E-state index in [4.69, 9.17) is 15.7 Å². The van der Waals surface area contributed by atoms with Crippen LogP contribution in [-0.4, -0.2) is 41.2 Å². The number of nitrogen functional groups attached to an aromatic ring is 1. The van der Waals surface area contributed by atoms with E-state index in [1.165, 1.54) is 0 Å². The maximum atomic E-state index is 12.5. The van der Waals surface area contributed by atoms with Gasteiger partial charge < -0.3 is 19.9 Å². The topological polar surface area (TPSA) is 84.3 Å². The Bertz CT molecular complexity index is 515. The minimum Gasteiger partial charge on any atom is -0.397 e. The molecule has 2 rings (SSSR count). The van der Waals surface area contributed by atoms with Gasteiger partial charge in [-0.05, 0) is 19.9 Å². The number of nitriles is 1. The Labute approximate surface area is 112 Å². The van der Waals surface area contributed by atoms with Gasteiger partial charge in [-0.15, -0.1) is 0 Å². The molecule has 1 fully saturated rings. The van der Waals surface area contributed by atoms with Gasteiger partial charge in [0, 0.05) is 18.8 Å². The van der Waals surface area contributed by atoms with E-state index in [1.54, 1.807) is 17.2 Å². The third kappa shape index (κ3) is 2.71. The first kappa shape index (κ1) is 13.4.